The number of benzene rings is 2. The van der Waals surface area contributed by atoms with E-state index in [4.69, 9.17) is 0 Å². The maximum atomic E-state index is 12.9. The lowest BCUT2D eigenvalue weighted by molar-refractivity contribution is -0.136. The zero-order chi connectivity index (χ0) is 19.7. The number of carbonyl (C=O) groups excluding carboxylic acids is 3. The van der Waals surface area contributed by atoms with Crippen LogP contribution in [0.4, 0.5) is 5.69 Å². The van der Waals surface area contributed by atoms with Crippen LogP contribution >= 0.6 is 11.8 Å². The molecule has 0 bridgehead atoms. The molecule has 4 rings (SSSR count). The van der Waals surface area contributed by atoms with Gasteiger partial charge in [-0.1, -0.05) is 30.3 Å². The molecular formula is C21H20N2O4S. The monoisotopic (exact) mass is 396 g/mol. The normalized spacial score (nSPS) is 23.4. The van der Waals surface area contributed by atoms with Crippen molar-refractivity contribution in [2.24, 2.45) is 0 Å². The van der Waals surface area contributed by atoms with E-state index in [1.165, 1.54) is 7.11 Å². The Bertz CT molecular complexity index is 916. The molecule has 0 saturated carbocycles. The Labute approximate surface area is 167 Å². The molecule has 0 radical (unpaired) electrons. The van der Waals surface area contributed by atoms with Crippen LogP contribution in [0.2, 0.25) is 0 Å². The van der Waals surface area contributed by atoms with Gasteiger partial charge in [-0.15, -0.1) is 11.8 Å². The van der Waals surface area contributed by atoms with Crippen molar-refractivity contribution in [3.05, 3.63) is 65.7 Å². The second-order valence-electron chi connectivity index (χ2n) is 6.80. The van der Waals surface area contributed by atoms with Crippen molar-refractivity contribution >= 4 is 35.2 Å². The number of hydrogen-bond donors (Lipinski definition) is 1. The SMILES string of the molecule is COC(=O)c1ccc(NC(=O)C2CSC3(c4ccccc4)CCC(=O)N23)cc1. The molecule has 0 aromatic heterocycles. The number of anilines is 1. The first-order valence-corrected chi connectivity index (χ1v) is 10.0. The number of fused-ring (bicyclic) bond motifs is 1. The first-order valence-electron chi connectivity index (χ1n) is 9.06. The third-order valence-electron chi connectivity index (χ3n) is 5.23. The van der Waals surface area contributed by atoms with Gasteiger partial charge in [0, 0.05) is 17.9 Å². The van der Waals surface area contributed by atoms with Crippen LogP contribution in [-0.4, -0.2) is 41.6 Å². The fraction of sp³-hybridized carbons (Fsp3) is 0.286. The number of hydrogen-bond acceptors (Lipinski definition) is 5. The van der Waals surface area contributed by atoms with Gasteiger partial charge in [-0.05, 0) is 36.2 Å². The van der Waals surface area contributed by atoms with Crippen molar-refractivity contribution < 1.29 is 19.1 Å². The number of amides is 2. The Balaban J connectivity index is 1.54. The summed E-state index contributed by atoms with van der Waals surface area (Å²) in [4.78, 5) is 38.4. The largest absolute Gasteiger partial charge is 0.465 e. The van der Waals surface area contributed by atoms with E-state index in [1.54, 1.807) is 40.9 Å². The first kappa shape index (κ1) is 18.6. The van der Waals surface area contributed by atoms with Gasteiger partial charge in [0.1, 0.15) is 10.9 Å². The van der Waals surface area contributed by atoms with Gasteiger partial charge in [-0.3, -0.25) is 9.59 Å². The van der Waals surface area contributed by atoms with Crippen molar-refractivity contribution in [2.45, 2.75) is 23.8 Å². The third kappa shape index (κ3) is 3.05. The summed E-state index contributed by atoms with van der Waals surface area (Å²) in [5.41, 5.74) is 2.05. The first-order chi connectivity index (χ1) is 13.5. The minimum Gasteiger partial charge on any atom is -0.465 e. The molecule has 2 saturated heterocycles. The molecule has 2 heterocycles. The Hall–Kier alpha value is -2.80. The number of thioether (sulfide) groups is 1. The highest BCUT2D eigenvalue weighted by molar-refractivity contribution is 8.00. The van der Waals surface area contributed by atoms with Gasteiger partial charge < -0.3 is 15.0 Å². The molecule has 144 valence electrons. The van der Waals surface area contributed by atoms with Gasteiger partial charge in [-0.25, -0.2) is 4.79 Å². The average Bonchev–Trinajstić information content (AvgIpc) is 3.28. The minimum atomic E-state index is -0.527. The second-order valence-corrected chi connectivity index (χ2v) is 8.10. The molecular weight excluding hydrogens is 376 g/mol. The highest BCUT2D eigenvalue weighted by atomic mass is 32.2. The van der Waals surface area contributed by atoms with Crippen molar-refractivity contribution in [3.8, 4) is 0 Å². The molecule has 7 heteroatoms. The van der Waals surface area contributed by atoms with E-state index < -0.39 is 16.9 Å². The lowest BCUT2D eigenvalue weighted by Crippen LogP contribution is -2.48. The average molecular weight is 396 g/mol. The van der Waals surface area contributed by atoms with Gasteiger partial charge in [0.2, 0.25) is 11.8 Å². The predicted molar refractivity (Wildman–Crippen MR) is 107 cm³/mol. The van der Waals surface area contributed by atoms with E-state index >= 15 is 0 Å². The molecule has 2 atom stereocenters. The van der Waals surface area contributed by atoms with Gasteiger partial charge in [-0.2, -0.15) is 0 Å². The number of methoxy groups -OCH3 is 1. The summed E-state index contributed by atoms with van der Waals surface area (Å²) >= 11 is 1.66. The molecule has 2 fully saturated rings. The van der Waals surface area contributed by atoms with Crippen LogP contribution in [-0.2, 0) is 19.2 Å². The summed E-state index contributed by atoms with van der Waals surface area (Å²) in [6, 6.07) is 15.9. The van der Waals surface area contributed by atoms with Crippen LogP contribution in [0.25, 0.3) is 0 Å². The molecule has 2 aromatic rings. The summed E-state index contributed by atoms with van der Waals surface area (Å²) in [5, 5.41) is 2.87. The summed E-state index contributed by atoms with van der Waals surface area (Å²) < 4.78 is 4.68. The molecule has 2 amide bonds. The molecule has 6 nitrogen and oxygen atoms in total. The Morgan fingerprint density at radius 2 is 1.86 bits per heavy atom. The van der Waals surface area contributed by atoms with Crippen LogP contribution in [0, 0.1) is 0 Å². The van der Waals surface area contributed by atoms with Crippen LogP contribution in [0.1, 0.15) is 28.8 Å². The molecule has 28 heavy (non-hydrogen) atoms. The molecule has 2 aromatic carbocycles. The zero-order valence-electron chi connectivity index (χ0n) is 15.4. The van der Waals surface area contributed by atoms with Gasteiger partial charge in [0.15, 0.2) is 0 Å². The van der Waals surface area contributed by atoms with Gasteiger partial charge >= 0.3 is 5.97 Å². The van der Waals surface area contributed by atoms with Crippen molar-refractivity contribution in [1.29, 1.82) is 0 Å². The molecule has 1 N–H and O–H groups in total. The summed E-state index contributed by atoms with van der Waals surface area (Å²) in [6.45, 7) is 0. The number of carbonyl (C=O) groups is 3. The number of rotatable bonds is 4. The quantitative estimate of drug-likeness (QED) is 0.804. The second kappa shape index (κ2) is 7.31. The van der Waals surface area contributed by atoms with E-state index in [1.807, 2.05) is 30.3 Å². The molecule has 0 aliphatic carbocycles. The third-order valence-corrected chi connectivity index (χ3v) is 6.82. The number of ether oxygens (including phenoxy) is 1. The van der Waals surface area contributed by atoms with E-state index in [9.17, 15) is 14.4 Å². The van der Waals surface area contributed by atoms with Gasteiger partial charge in [0.25, 0.3) is 0 Å². The topological polar surface area (TPSA) is 75.7 Å². The summed E-state index contributed by atoms with van der Waals surface area (Å²) in [6.07, 6.45) is 1.15. The predicted octanol–water partition coefficient (Wildman–Crippen LogP) is 3.00. The zero-order valence-corrected chi connectivity index (χ0v) is 16.2. The maximum absolute atomic E-state index is 12.9. The smallest absolute Gasteiger partial charge is 0.337 e. The fourth-order valence-corrected chi connectivity index (χ4v) is 5.52. The van der Waals surface area contributed by atoms with Crippen molar-refractivity contribution in [2.75, 3.05) is 18.2 Å². The minimum absolute atomic E-state index is 0.00930. The van der Waals surface area contributed by atoms with E-state index in [0.29, 0.717) is 29.8 Å². The standard InChI is InChI=1S/C21H20N2O4S/c1-27-20(26)14-7-9-16(10-8-14)22-19(25)17-13-28-21(12-11-18(24)23(17)21)15-5-3-2-4-6-15/h2-10,17H,11-13H2,1H3,(H,22,25). The highest BCUT2D eigenvalue weighted by Crippen LogP contribution is 2.54. The maximum Gasteiger partial charge on any atom is 0.337 e. The molecule has 0 spiro atoms. The van der Waals surface area contributed by atoms with Crippen molar-refractivity contribution in [1.82, 2.24) is 4.90 Å². The van der Waals surface area contributed by atoms with Crippen molar-refractivity contribution in [3.63, 3.8) is 0 Å². The van der Waals surface area contributed by atoms with Crippen LogP contribution in [0.15, 0.2) is 54.6 Å². The molecule has 2 aliphatic rings. The Kier molecular flexibility index (Phi) is 4.85. The van der Waals surface area contributed by atoms with Crippen LogP contribution in [0.5, 0.6) is 0 Å². The fourth-order valence-electron chi connectivity index (χ4n) is 3.87. The number of nitrogens with one attached hydrogen (secondary N) is 1. The van der Waals surface area contributed by atoms with Crippen LogP contribution in [0.3, 0.4) is 0 Å². The van der Waals surface area contributed by atoms with E-state index in [0.717, 1.165) is 5.56 Å². The number of nitrogens with zero attached hydrogens (tertiary/aromatic N) is 1. The molecule has 2 unspecified atom stereocenters. The lowest BCUT2D eigenvalue weighted by Gasteiger charge is -2.34. The van der Waals surface area contributed by atoms with Gasteiger partial charge in [0.05, 0.1) is 12.7 Å². The summed E-state index contributed by atoms with van der Waals surface area (Å²) in [5.74, 6) is -0.0889. The van der Waals surface area contributed by atoms with E-state index in [-0.39, 0.29) is 11.8 Å². The lowest BCUT2D eigenvalue weighted by atomic mass is 10.0. The summed E-state index contributed by atoms with van der Waals surface area (Å²) in [7, 11) is 1.32. The highest BCUT2D eigenvalue weighted by Gasteiger charge is 2.56. The molecule has 2 aliphatic heterocycles. The van der Waals surface area contributed by atoms with Crippen LogP contribution < -0.4 is 5.32 Å². The number of esters is 1. The van der Waals surface area contributed by atoms with E-state index in [2.05, 4.69) is 10.1 Å². The Morgan fingerprint density at radius 1 is 1.14 bits per heavy atom. The Morgan fingerprint density at radius 3 is 2.54 bits per heavy atom.